The van der Waals surface area contributed by atoms with E-state index in [0.717, 1.165) is 0 Å². The van der Waals surface area contributed by atoms with E-state index >= 15 is 0 Å². The number of carbonyl (C=O) groups excluding carboxylic acids is 2. The van der Waals surface area contributed by atoms with Crippen LogP contribution in [0.4, 0.5) is 5.69 Å². The minimum Gasteiger partial charge on any atom is -0.394 e. The van der Waals surface area contributed by atoms with Gasteiger partial charge < -0.3 is 35.1 Å². The van der Waals surface area contributed by atoms with Crippen LogP contribution in [0.5, 0.6) is 0 Å². The molecule has 0 bridgehead atoms. The van der Waals surface area contributed by atoms with Crippen LogP contribution in [0.1, 0.15) is 19.4 Å². The van der Waals surface area contributed by atoms with E-state index in [1.54, 1.807) is 29.2 Å². The van der Waals surface area contributed by atoms with Crippen molar-refractivity contribution < 1.29 is 34.5 Å². The summed E-state index contributed by atoms with van der Waals surface area (Å²) < 4.78 is 5.44. The van der Waals surface area contributed by atoms with Crippen LogP contribution in [0.3, 0.4) is 0 Å². The lowest BCUT2D eigenvalue weighted by molar-refractivity contribution is -0.270. The number of carbonyl (C=O) groups is 2. The number of nitrogens with one attached hydrogen (secondary N) is 1. The van der Waals surface area contributed by atoms with Crippen LogP contribution in [0, 0.1) is 0 Å². The summed E-state index contributed by atoms with van der Waals surface area (Å²) in [6.45, 7) is 2.93. The van der Waals surface area contributed by atoms with Crippen molar-refractivity contribution in [1.82, 2.24) is 5.32 Å². The molecule has 28 heavy (non-hydrogen) atoms. The fourth-order valence-electron chi connectivity index (χ4n) is 3.33. The second-order valence-corrected chi connectivity index (χ2v) is 6.54. The smallest absolute Gasteiger partial charge is 0.281 e. The highest BCUT2D eigenvalue weighted by Crippen LogP contribution is 2.29. The molecule has 10 heteroatoms. The molecule has 0 saturated carbocycles. The van der Waals surface area contributed by atoms with Crippen LogP contribution in [-0.2, 0) is 19.2 Å². The van der Waals surface area contributed by atoms with Crippen LogP contribution in [0.25, 0.3) is 0 Å². The van der Waals surface area contributed by atoms with Gasteiger partial charge >= 0.3 is 0 Å². The summed E-state index contributed by atoms with van der Waals surface area (Å²) in [7, 11) is 0. The summed E-state index contributed by atoms with van der Waals surface area (Å²) in [5.74, 6) is -0.835. The van der Waals surface area contributed by atoms with E-state index in [4.69, 9.17) is 9.57 Å². The number of likely N-dealkylation sites (N-methyl/N-ethyl adjacent to an activating group) is 1. The molecule has 5 atom stereocenters. The van der Waals surface area contributed by atoms with Gasteiger partial charge in [-0.05, 0) is 13.0 Å². The van der Waals surface area contributed by atoms with E-state index in [2.05, 4.69) is 10.5 Å². The van der Waals surface area contributed by atoms with Gasteiger partial charge in [-0.25, -0.2) is 0 Å². The molecule has 1 fully saturated rings. The van der Waals surface area contributed by atoms with Crippen LogP contribution in [0.2, 0.25) is 0 Å². The first-order valence-corrected chi connectivity index (χ1v) is 8.93. The predicted molar refractivity (Wildman–Crippen MR) is 97.5 cm³/mol. The molecule has 1 aromatic carbocycles. The van der Waals surface area contributed by atoms with Gasteiger partial charge in [0.05, 0.1) is 12.3 Å². The van der Waals surface area contributed by atoms with E-state index < -0.39 is 43.2 Å². The first kappa shape index (κ1) is 20.2. The molecule has 2 aliphatic heterocycles. The maximum Gasteiger partial charge on any atom is 0.281 e. The Balaban J connectivity index is 1.88. The lowest BCUT2D eigenvalue weighted by atomic mass is 9.97. The van der Waals surface area contributed by atoms with Gasteiger partial charge in [0, 0.05) is 19.0 Å². The molecule has 2 aliphatic rings. The topological polar surface area (TPSA) is 141 Å². The molecule has 1 saturated heterocycles. The Hall–Kier alpha value is -2.53. The monoisotopic (exact) mass is 393 g/mol. The van der Waals surface area contributed by atoms with Crippen molar-refractivity contribution >= 4 is 23.2 Å². The summed E-state index contributed by atoms with van der Waals surface area (Å²) in [4.78, 5) is 31.0. The quantitative estimate of drug-likeness (QED) is 0.457. The molecule has 2 heterocycles. The zero-order chi connectivity index (χ0) is 20.4. The second kappa shape index (κ2) is 8.23. The van der Waals surface area contributed by atoms with Gasteiger partial charge in [-0.3, -0.25) is 9.59 Å². The lowest BCUT2D eigenvalue weighted by Crippen LogP contribution is -2.64. The number of nitrogens with zero attached hydrogens (tertiary/aromatic N) is 2. The Labute approximate surface area is 161 Å². The number of fused-ring (bicyclic) bond motifs is 1. The Morgan fingerprint density at radius 2 is 2.04 bits per heavy atom. The van der Waals surface area contributed by atoms with Gasteiger partial charge in [0.2, 0.25) is 12.2 Å². The van der Waals surface area contributed by atoms with Crippen molar-refractivity contribution in [2.75, 3.05) is 18.1 Å². The molecule has 0 unspecified atom stereocenters. The van der Waals surface area contributed by atoms with Crippen LogP contribution < -0.4 is 10.2 Å². The number of para-hydroxylation sites is 1. The number of anilines is 1. The fraction of sp³-hybridized carbons (Fsp3) is 0.500. The second-order valence-electron chi connectivity index (χ2n) is 6.54. The highest BCUT2D eigenvalue weighted by Gasteiger charge is 2.46. The van der Waals surface area contributed by atoms with Gasteiger partial charge in [-0.2, -0.15) is 0 Å². The Morgan fingerprint density at radius 1 is 1.32 bits per heavy atom. The number of amides is 2. The first-order valence-electron chi connectivity index (χ1n) is 8.93. The van der Waals surface area contributed by atoms with Gasteiger partial charge in [-0.1, -0.05) is 23.4 Å². The SMILES string of the molecule is CCN1C(=O)/C(=N\O[C@H]2O[C@@H](CO)[C@@H](O)[C@@H](O)[C@H]2NC(C)=O)c2ccccc21. The third-order valence-corrected chi connectivity index (χ3v) is 4.71. The molecule has 0 aliphatic carbocycles. The van der Waals surface area contributed by atoms with E-state index in [9.17, 15) is 24.9 Å². The number of aliphatic hydroxyl groups is 3. The fourth-order valence-corrected chi connectivity index (χ4v) is 3.33. The molecule has 0 aromatic heterocycles. The van der Waals surface area contributed by atoms with Crippen molar-refractivity contribution in [3.63, 3.8) is 0 Å². The minimum atomic E-state index is -1.46. The number of hydrogen-bond acceptors (Lipinski definition) is 8. The van der Waals surface area contributed by atoms with Crippen molar-refractivity contribution in [1.29, 1.82) is 0 Å². The number of rotatable bonds is 5. The maximum absolute atomic E-state index is 12.6. The highest BCUT2D eigenvalue weighted by atomic mass is 16.8. The zero-order valence-electron chi connectivity index (χ0n) is 15.5. The van der Waals surface area contributed by atoms with E-state index in [-0.39, 0.29) is 11.6 Å². The van der Waals surface area contributed by atoms with Crippen molar-refractivity contribution in [3.8, 4) is 0 Å². The molecule has 1 aromatic rings. The number of benzene rings is 1. The van der Waals surface area contributed by atoms with Gasteiger partial charge in [0.1, 0.15) is 24.4 Å². The first-order chi connectivity index (χ1) is 13.4. The van der Waals surface area contributed by atoms with Crippen molar-refractivity contribution in [2.24, 2.45) is 5.16 Å². The normalized spacial score (nSPS) is 31.0. The van der Waals surface area contributed by atoms with Gasteiger partial charge in [0.15, 0.2) is 5.71 Å². The number of oxime groups is 1. The predicted octanol–water partition coefficient (Wildman–Crippen LogP) is -1.28. The summed E-state index contributed by atoms with van der Waals surface area (Å²) in [5.41, 5.74) is 1.34. The highest BCUT2D eigenvalue weighted by molar-refractivity contribution is 6.54. The van der Waals surface area contributed by atoms with Crippen LogP contribution in [-0.4, -0.2) is 76.6 Å². The van der Waals surface area contributed by atoms with Crippen molar-refractivity contribution in [2.45, 2.75) is 44.5 Å². The number of ether oxygens (including phenoxy) is 1. The number of aliphatic hydroxyl groups excluding tert-OH is 3. The third kappa shape index (κ3) is 3.59. The molecule has 3 rings (SSSR count). The molecule has 10 nitrogen and oxygen atoms in total. The van der Waals surface area contributed by atoms with Crippen molar-refractivity contribution in [3.05, 3.63) is 29.8 Å². The molecule has 0 spiro atoms. The zero-order valence-corrected chi connectivity index (χ0v) is 15.5. The molecule has 4 N–H and O–H groups in total. The number of hydrogen-bond donors (Lipinski definition) is 4. The third-order valence-electron chi connectivity index (χ3n) is 4.71. The van der Waals surface area contributed by atoms with E-state index in [1.807, 2.05) is 6.92 Å². The summed E-state index contributed by atoms with van der Waals surface area (Å²) in [5, 5.41) is 36.0. The van der Waals surface area contributed by atoms with E-state index in [0.29, 0.717) is 17.8 Å². The minimum absolute atomic E-state index is 0.0591. The standard InChI is InChI=1S/C18H23N3O7/c1-3-21-11-7-5-4-6-10(11)13(17(21)26)20-28-18-14(19-9(2)23)16(25)15(24)12(8-22)27-18/h4-7,12,14-16,18,22,24-25H,3,8H2,1-2H3,(H,19,23)/b20-13-/t12-,14+,15+,16-,18+/m0/s1. The molecule has 152 valence electrons. The average molecular weight is 393 g/mol. The molecule has 0 radical (unpaired) electrons. The van der Waals surface area contributed by atoms with Gasteiger partial charge in [-0.15, -0.1) is 0 Å². The molecular formula is C18H23N3O7. The van der Waals surface area contributed by atoms with Gasteiger partial charge in [0.25, 0.3) is 5.91 Å². The Morgan fingerprint density at radius 3 is 2.68 bits per heavy atom. The Bertz CT molecular complexity index is 784. The summed E-state index contributed by atoms with van der Waals surface area (Å²) in [6.07, 6.45) is -5.34. The molecular weight excluding hydrogens is 370 g/mol. The largest absolute Gasteiger partial charge is 0.394 e. The van der Waals surface area contributed by atoms with Crippen LogP contribution >= 0.6 is 0 Å². The van der Waals surface area contributed by atoms with Crippen LogP contribution in [0.15, 0.2) is 29.4 Å². The Kier molecular flexibility index (Phi) is 5.94. The summed E-state index contributed by atoms with van der Waals surface area (Å²) >= 11 is 0. The maximum atomic E-state index is 12.6. The summed E-state index contributed by atoms with van der Waals surface area (Å²) in [6, 6.07) is 5.94. The molecule has 2 amide bonds. The van der Waals surface area contributed by atoms with E-state index in [1.165, 1.54) is 6.92 Å². The average Bonchev–Trinajstić information content (AvgIpc) is 2.95. The lowest BCUT2D eigenvalue weighted by Gasteiger charge is -2.40.